The van der Waals surface area contributed by atoms with E-state index in [0.29, 0.717) is 19.4 Å². The number of ketones is 1. The molecule has 0 aliphatic carbocycles. The summed E-state index contributed by atoms with van der Waals surface area (Å²) in [6, 6.07) is 7.01. The lowest BCUT2D eigenvalue weighted by molar-refractivity contribution is -0.133. The maximum absolute atomic E-state index is 12.9. The molecule has 1 aromatic carbocycles. The first kappa shape index (κ1) is 24.5. The van der Waals surface area contributed by atoms with Crippen LogP contribution in [0.15, 0.2) is 30.3 Å². The van der Waals surface area contributed by atoms with Gasteiger partial charge in [-0.3, -0.25) is 19.2 Å². The summed E-state index contributed by atoms with van der Waals surface area (Å²) in [5, 5.41) is 8.03. The van der Waals surface area contributed by atoms with E-state index in [1.54, 1.807) is 13.8 Å². The Kier molecular flexibility index (Phi) is 8.33. The van der Waals surface area contributed by atoms with E-state index in [0.717, 1.165) is 5.56 Å². The Hall–Kier alpha value is -2.74. The lowest BCUT2D eigenvalue weighted by Gasteiger charge is -2.24. The summed E-state index contributed by atoms with van der Waals surface area (Å²) in [6.45, 7) is 8.81. The van der Waals surface area contributed by atoms with E-state index >= 15 is 0 Å². The van der Waals surface area contributed by atoms with Crippen LogP contribution < -0.4 is 16.0 Å². The van der Waals surface area contributed by atoms with Crippen LogP contribution >= 0.6 is 0 Å². The predicted molar refractivity (Wildman–Crippen MR) is 116 cm³/mol. The molecule has 8 nitrogen and oxygen atoms in total. The first-order chi connectivity index (χ1) is 14.5. The Morgan fingerprint density at radius 2 is 1.58 bits per heavy atom. The predicted octanol–water partition coefficient (Wildman–Crippen LogP) is 1.13. The van der Waals surface area contributed by atoms with Gasteiger partial charge < -0.3 is 20.7 Å². The third-order valence-electron chi connectivity index (χ3n) is 5.17. The van der Waals surface area contributed by atoms with Gasteiger partial charge in [0.05, 0.1) is 12.6 Å². The Balaban J connectivity index is 2.04. The SMILES string of the molecule is CC(=O)N[C@@H](CC(C)C)C(=O)N[C@H](C)C(=O)N[C@@H](Cc1ccccc1)C(=O)C1(C)CO1. The molecule has 0 bridgehead atoms. The molecule has 0 spiro atoms. The summed E-state index contributed by atoms with van der Waals surface area (Å²) >= 11 is 0. The van der Waals surface area contributed by atoms with Crippen molar-refractivity contribution in [2.75, 3.05) is 6.61 Å². The molecule has 1 saturated heterocycles. The maximum Gasteiger partial charge on any atom is 0.243 e. The first-order valence-electron chi connectivity index (χ1n) is 10.6. The molecule has 1 aliphatic rings. The molecule has 31 heavy (non-hydrogen) atoms. The van der Waals surface area contributed by atoms with Crippen LogP contribution in [0.1, 0.15) is 46.6 Å². The van der Waals surface area contributed by atoms with E-state index < -0.39 is 35.5 Å². The van der Waals surface area contributed by atoms with Crippen molar-refractivity contribution >= 4 is 23.5 Å². The summed E-state index contributed by atoms with van der Waals surface area (Å²) < 4.78 is 5.28. The number of amides is 3. The number of carbonyl (C=O) groups excluding carboxylic acids is 4. The molecule has 1 aliphatic heterocycles. The molecule has 8 heteroatoms. The highest BCUT2D eigenvalue weighted by Crippen LogP contribution is 2.29. The highest BCUT2D eigenvalue weighted by atomic mass is 16.6. The van der Waals surface area contributed by atoms with E-state index in [1.807, 2.05) is 44.2 Å². The van der Waals surface area contributed by atoms with E-state index in [2.05, 4.69) is 16.0 Å². The number of benzene rings is 1. The normalized spacial score (nSPS) is 20.3. The van der Waals surface area contributed by atoms with Crippen molar-refractivity contribution in [2.45, 2.75) is 71.2 Å². The quantitative estimate of drug-likeness (QED) is 0.454. The second-order valence-corrected chi connectivity index (χ2v) is 8.75. The van der Waals surface area contributed by atoms with Gasteiger partial charge in [0, 0.05) is 6.92 Å². The van der Waals surface area contributed by atoms with Gasteiger partial charge >= 0.3 is 0 Å². The molecule has 1 fully saturated rings. The summed E-state index contributed by atoms with van der Waals surface area (Å²) in [5.74, 6) is -1.24. The standard InChI is InChI=1S/C23H33N3O5/c1-14(2)11-19(25-16(4)27)22(30)24-15(3)21(29)26-18(20(28)23(5)13-31-23)12-17-9-7-6-8-10-17/h6-10,14-15,18-19H,11-13H2,1-5H3,(H,24,30)(H,25,27)(H,26,29)/t15-,18+,19+,23?/m1/s1. The van der Waals surface area contributed by atoms with E-state index in [-0.39, 0.29) is 17.6 Å². The second-order valence-electron chi connectivity index (χ2n) is 8.75. The average molecular weight is 432 g/mol. The van der Waals surface area contributed by atoms with Crippen LogP contribution in [-0.2, 0) is 30.3 Å². The average Bonchev–Trinajstić information content (AvgIpc) is 3.45. The van der Waals surface area contributed by atoms with Crippen molar-refractivity contribution in [3.05, 3.63) is 35.9 Å². The van der Waals surface area contributed by atoms with Gasteiger partial charge in [0.1, 0.15) is 17.7 Å². The largest absolute Gasteiger partial charge is 0.361 e. The fourth-order valence-electron chi connectivity index (χ4n) is 3.30. The fraction of sp³-hybridized carbons (Fsp3) is 0.565. The van der Waals surface area contributed by atoms with E-state index in [4.69, 9.17) is 4.74 Å². The number of carbonyl (C=O) groups is 4. The van der Waals surface area contributed by atoms with Gasteiger partial charge in [-0.1, -0.05) is 44.2 Å². The number of nitrogens with one attached hydrogen (secondary N) is 3. The van der Waals surface area contributed by atoms with Crippen LogP contribution in [0.2, 0.25) is 0 Å². The topological polar surface area (TPSA) is 117 Å². The molecular formula is C23H33N3O5. The zero-order chi connectivity index (χ0) is 23.2. The molecule has 4 atom stereocenters. The number of ether oxygens (including phenoxy) is 1. The monoisotopic (exact) mass is 431 g/mol. The highest BCUT2D eigenvalue weighted by molar-refractivity contribution is 5.98. The minimum atomic E-state index is -0.882. The lowest BCUT2D eigenvalue weighted by Crippen LogP contribution is -2.56. The lowest BCUT2D eigenvalue weighted by atomic mass is 9.94. The van der Waals surface area contributed by atoms with Gasteiger partial charge in [-0.25, -0.2) is 0 Å². The van der Waals surface area contributed by atoms with Crippen molar-refractivity contribution < 1.29 is 23.9 Å². The third kappa shape index (κ3) is 7.47. The zero-order valence-corrected chi connectivity index (χ0v) is 18.9. The molecule has 3 amide bonds. The van der Waals surface area contributed by atoms with Gasteiger partial charge in [0.15, 0.2) is 5.78 Å². The summed E-state index contributed by atoms with van der Waals surface area (Å²) in [5.41, 5.74) is 0.0252. The van der Waals surface area contributed by atoms with Gasteiger partial charge in [-0.15, -0.1) is 0 Å². The number of hydrogen-bond donors (Lipinski definition) is 3. The molecule has 0 radical (unpaired) electrons. The second kappa shape index (κ2) is 10.5. The number of epoxide rings is 1. The van der Waals surface area contributed by atoms with Crippen LogP contribution in [0.5, 0.6) is 0 Å². The first-order valence-corrected chi connectivity index (χ1v) is 10.6. The number of Topliss-reactive ketones (excluding diaryl/α,β-unsaturated/α-hetero) is 1. The van der Waals surface area contributed by atoms with Gasteiger partial charge in [-0.05, 0) is 38.2 Å². The van der Waals surface area contributed by atoms with Crippen LogP contribution in [0.3, 0.4) is 0 Å². The third-order valence-corrected chi connectivity index (χ3v) is 5.17. The van der Waals surface area contributed by atoms with Gasteiger partial charge in [0.2, 0.25) is 17.7 Å². The van der Waals surface area contributed by atoms with Gasteiger partial charge in [0.25, 0.3) is 0 Å². The summed E-state index contributed by atoms with van der Waals surface area (Å²) in [7, 11) is 0. The molecule has 170 valence electrons. The van der Waals surface area contributed by atoms with Crippen LogP contribution in [0.25, 0.3) is 0 Å². The van der Waals surface area contributed by atoms with Crippen LogP contribution in [-0.4, -0.2) is 53.8 Å². The minimum Gasteiger partial charge on any atom is -0.361 e. The molecule has 1 unspecified atom stereocenters. The Labute approximate surface area is 183 Å². The Bertz CT molecular complexity index is 805. The van der Waals surface area contributed by atoms with Crippen molar-refractivity contribution in [1.82, 2.24) is 16.0 Å². The van der Waals surface area contributed by atoms with E-state index in [1.165, 1.54) is 6.92 Å². The van der Waals surface area contributed by atoms with Crippen LogP contribution in [0, 0.1) is 5.92 Å². The molecule has 1 aromatic rings. The van der Waals surface area contributed by atoms with Crippen molar-refractivity contribution in [2.24, 2.45) is 5.92 Å². The molecule has 3 N–H and O–H groups in total. The molecule has 0 saturated carbocycles. The minimum absolute atomic E-state index is 0.180. The fourth-order valence-corrected chi connectivity index (χ4v) is 3.30. The van der Waals surface area contributed by atoms with Crippen molar-refractivity contribution in [1.29, 1.82) is 0 Å². The molecule has 1 heterocycles. The summed E-state index contributed by atoms with van der Waals surface area (Å²) in [6.07, 6.45) is 0.775. The number of rotatable bonds is 11. The maximum atomic E-state index is 12.9. The van der Waals surface area contributed by atoms with Crippen molar-refractivity contribution in [3.63, 3.8) is 0 Å². The van der Waals surface area contributed by atoms with E-state index in [9.17, 15) is 19.2 Å². The summed E-state index contributed by atoms with van der Waals surface area (Å²) in [4.78, 5) is 49.7. The highest BCUT2D eigenvalue weighted by Gasteiger charge is 2.50. The van der Waals surface area contributed by atoms with Gasteiger partial charge in [-0.2, -0.15) is 0 Å². The zero-order valence-electron chi connectivity index (χ0n) is 18.9. The smallest absolute Gasteiger partial charge is 0.243 e. The molecule has 0 aromatic heterocycles. The molecule has 2 rings (SSSR count). The number of hydrogen-bond acceptors (Lipinski definition) is 5. The molecular weight excluding hydrogens is 398 g/mol. The van der Waals surface area contributed by atoms with Crippen molar-refractivity contribution in [3.8, 4) is 0 Å². The Morgan fingerprint density at radius 1 is 0.968 bits per heavy atom. The van der Waals surface area contributed by atoms with Crippen LogP contribution in [0.4, 0.5) is 0 Å². The Morgan fingerprint density at radius 3 is 2.10 bits per heavy atom.